The van der Waals surface area contributed by atoms with Gasteiger partial charge in [0, 0.05) is 24.5 Å². The van der Waals surface area contributed by atoms with E-state index in [2.05, 4.69) is 9.97 Å². The fourth-order valence-corrected chi connectivity index (χ4v) is 1.23. The zero-order chi connectivity index (χ0) is 10.5. The molecule has 0 saturated heterocycles. The number of nitrogens with zero attached hydrogens (tertiary/aromatic N) is 3. The van der Waals surface area contributed by atoms with Crippen molar-refractivity contribution in [2.24, 2.45) is 0 Å². The number of hydrogen-bond acceptors (Lipinski definition) is 3. The number of hydrogen-bond donors (Lipinski definition) is 0. The molecule has 0 aliphatic rings. The molecule has 0 fully saturated rings. The lowest BCUT2D eigenvalue weighted by Gasteiger charge is -1.95. The maximum atomic E-state index is 11.7. The van der Waals surface area contributed by atoms with Crippen LogP contribution in [0.5, 0.6) is 0 Å². The van der Waals surface area contributed by atoms with Crippen LogP contribution in [0.3, 0.4) is 0 Å². The number of rotatable bonds is 3. The van der Waals surface area contributed by atoms with Gasteiger partial charge in [0.1, 0.15) is 5.69 Å². The fourth-order valence-electron chi connectivity index (χ4n) is 1.23. The minimum atomic E-state index is -0.0423. The number of pyridine rings is 1. The van der Waals surface area contributed by atoms with Crippen LogP contribution in [0.2, 0.25) is 0 Å². The van der Waals surface area contributed by atoms with Crippen LogP contribution >= 0.6 is 0 Å². The Hall–Kier alpha value is -2.10. The molecular weight excluding hydrogens is 190 g/mol. The normalized spacial score (nSPS) is 9.87. The van der Waals surface area contributed by atoms with Crippen molar-refractivity contribution in [2.45, 2.75) is 6.54 Å². The van der Waals surface area contributed by atoms with Crippen molar-refractivity contribution in [3.8, 4) is 0 Å². The quantitative estimate of drug-likeness (QED) is 0.539. The zero-order valence-corrected chi connectivity index (χ0v) is 8.08. The van der Waals surface area contributed by atoms with Crippen molar-refractivity contribution in [2.75, 3.05) is 0 Å². The van der Waals surface area contributed by atoms with Gasteiger partial charge in [0.2, 0.25) is 12.3 Å². The number of carbonyl (C=O) groups excluding carboxylic acids is 1. The van der Waals surface area contributed by atoms with Crippen molar-refractivity contribution in [1.82, 2.24) is 9.97 Å². The first kappa shape index (κ1) is 9.45. The van der Waals surface area contributed by atoms with Crippen molar-refractivity contribution in [1.29, 1.82) is 0 Å². The van der Waals surface area contributed by atoms with Crippen LogP contribution in [0.1, 0.15) is 10.5 Å². The van der Waals surface area contributed by atoms with Gasteiger partial charge in [-0.25, -0.2) is 4.98 Å². The maximum absolute atomic E-state index is 11.7. The second-order valence-electron chi connectivity index (χ2n) is 3.06. The Labute approximate surface area is 87.2 Å². The van der Waals surface area contributed by atoms with Gasteiger partial charge in [-0.3, -0.25) is 9.78 Å². The molecule has 0 aromatic carbocycles. The molecule has 0 unspecified atom stereocenters. The third-order valence-electron chi connectivity index (χ3n) is 1.95. The summed E-state index contributed by atoms with van der Waals surface area (Å²) in [6.45, 7) is 0.291. The lowest BCUT2D eigenvalue weighted by molar-refractivity contribution is -0.683. The highest BCUT2D eigenvalue weighted by Crippen LogP contribution is 1.92. The SMILES string of the molecule is O=C(C[n+]1ccccc1)c1cnccn1. The summed E-state index contributed by atoms with van der Waals surface area (Å²) in [5, 5.41) is 0. The fraction of sp³-hybridized carbons (Fsp3) is 0.0909. The largest absolute Gasteiger partial charge is 0.285 e. The minimum absolute atomic E-state index is 0.0423. The molecule has 0 saturated carbocycles. The first-order valence-corrected chi connectivity index (χ1v) is 4.59. The van der Waals surface area contributed by atoms with Crippen LogP contribution in [-0.4, -0.2) is 15.8 Å². The van der Waals surface area contributed by atoms with E-state index in [4.69, 9.17) is 0 Å². The molecule has 0 atom stereocenters. The summed E-state index contributed by atoms with van der Waals surface area (Å²) in [7, 11) is 0. The summed E-state index contributed by atoms with van der Waals surface area (Å²) in [6, 6.07) is 5.66. The number of carbonyl (C=O) groups is 1. The summed E-state index contributed by atoms with van der Waals surface area (Å²) in [5.41, 5.74) is 0.397. The van der Waals surface area contributed by atoms with Crippen LogP contribution in [-0.2, 0) is 6.54 Å². The van der Waals surface area contributed by atoms with Gasteiger partial charge in [0.05, 0.1) is 6.20 Å². The first-order valence-electron chi connectivity index (χ1n) is 4.59. The predicted molar refractivity (Wildman–Crippen MR) is 53.0 cm³/mol. The Bertz CT molecular complexity index is 442. The highest BCUT2D eigenvalue weighted by atomic mass is 16.1. The van der Waals surface area contributed by atoms with E-state index in [1.807, 2.05) is 30.6 Å². The Balaban J connectivity index is 2.12. The van der Waals surface area contributed by atoms with E-state index in [1.165, 1.54) is 12.4 Å². The van der Waals surface area contributed by atoms with E-state index >= 15 is 0 Å². The molecule has 4 nitrogen and oxygen atoms in total. The zero-order valence-electron chi connectivity index (χ0n) is 8.08. The topological polar surface area (TPSA) is 46.7 Å². The van der Waals surface area contributed by atoms with E-state index in [-0.39, 0.29) is 5.78 Å². The van der Waals surface area contributed by atoms with Crippen molar-refractivity contribution >= 4 is 5.78 Å². The van der Waals surface area contributed by atoms with Crippen LogP contribution in [0, 0.1) is 0 Å². The Morgan fingerprint density at radius 3 is 2.67 bits per heavy atom. The number of ketones is 1. The van der Waals surface area contributed by atoms with E-state index in [1.54, 1.807) is 10.8 Å². The van der Waals surface area contributed by atoms with Crippen LogP contribution in [0.25, 0.3) is 0 Å². The van der Waals surface area contributed by atoms with Crippen LogP contribution in [0.4, 0.5) is 0 Å². The molecule has 2 rings (SSSR count). The summed E-state index contributed by atoms with van der Waals surface area (Å²) in [5.74, 6) is -0.0423. The minimum Gasteiger partial charge on any atom is -0.285 e. The van der Waals surface area contributed by atoms with Gasteiger partial charge in [0.15, 0.2) is 12.4 Å². The van der Waals surface area contributed by atoms with Gasteiger partial charge < -0.3 is 0 Å². The second-order valence-corrected chi connectivity index (χ2v) is 3.06. The molecule has 0 radical (unpaired) electrons. The second kappa shape index (κ2) is 4.41. The van der Waals surface area contributed by atoms with E-state index in [9.17, 15) is 4.79 Å². The van der Waals surface area contributed by atoms with Crippen molar-refractivity contribution in [3.63, 3.8) is 0 Å². The molecule has 2 aromatic rings. The molecule has 2 aromatic heterocycles. The molecule has 0 N–H and O–H groups in total. The smallest absolute Gasteiger partial charge is 0.247 e. The van der Waals surface area contributed by atoms with E-state index < -0.39 is 0 Å². The monoisotopic (exact) mass is 200 g/mol. The Morgan fingerprint density at radius 2 is 2.00 bits per heavy atom. The van der Waals surface area contributed by atoms with E-state index in [0.29, 0.717) is 12.2 Å². The molecule has 0 aliphatic heterocycles. The molecule has 4 heteroatoms. The van der Waals surface area contributed by atoms with Gasteiger partial charge in [-0.15, -0.1) is 0 Å². The molecule has 0 amide bonds. The van der Waals surface area contributed by atoms with Gasteiger partial charge >= 0.3 is 0 Å². The van der Waals surface area contributed by atoms with Crippen LogP contribution < -0.4 is 4.57 Å². The van der Waals surface area contributed by atoms with E-state index in [0.717, 1.165) is 0 Å². The molecule has 15 heavy (non-hydrogen) atoms. The average Bonchev–Trinajstić information content (AvgIpc) is 2.31. The van der Waals surface area contributed by atoms with Gasteiger partial charge in [-0.2, -0.15) is 4.57 Å². The van der Waals surface area contributed by atoms with Gasteiger partial charge in [-0.05, 0) is 0 Å². The molecule has 0 bridgehead atoms. The molecule has 0 aliphatic carbocycles. The molecular formula is C11H10N3O+. The summed E-state index contributed by atoms with van der Waals surface area (Å²) >= 11 is 0. The molecule has 2 heterocycles. The highest BCUT2D eigenvalue weighted by molar-refractivity contribution is 5.92. The average molecular weight is 200 g/mol. The predicted octanol–water partition coefficient (Wildman–Crippen LogP) is 0.647. The number of Topliss-reactive ketones (excluding diaryl/α,β-unsaturated/α-hetero) is 1. The third kappa shape index (κ3) is 2.43. The first-order chi connectivity index (χ1) is 7.36. The van der Waals surface area contributed by atoms with Crippen molar-refractivity contribution < 1.29 is 9.36 Å². The van der Waals surface area contributed by atoms with Gasteiger partial charge in [-0.1, -0.05) is 6.07 Å². The van der Waals surface area contributed by atoms with Gasteiger partial charge in [0.25, 0.3) is 0 Å². The number of aromatic nitrogens is 3. The summed E-state index contributed by atoms with van der Waals surface area (Å²) in [4.78, 5) is 19.5. The third-order valence-corrected chi connectivity index (χ3v) is 1.95. The highest BCUT2D eigenvalue weighted by Gasteiger charge is 2.12. The Kier molecular flexibility index (Phi) is 2.78. The summed E-state index contributed by atoms with van der Waals surface area (Å²) < 4.78 is 1.80. The Morgan fingerprint density at radius 1 is 1.20 bits per heavy atom. The lowest BCUT2D eigenvalue weighted by atomic mass is 10.3. The lowest BCUT2D eigenvalue weighted by Crippen LogP contribution is -2.37. The summed E-state index contributed by atoms with van der Waals surface area (Å²) in [6.07, 6.45) is 8.23. The molecule has 0 spiro atoms. The van der Waals surface area contributed by atoms with Crippen LogP contribution in [0.15, 0.2) is 49.2 Å². The molecule has 74 valence electrons. The maximum Gasteiger partial charge on any atom is 0.247 e. The van der Waals surface area contributed by atoms with Crippen molar-refractivity contribution in [3.05, 3.63) is 54.9 Å². The standard InChI is InChI=1S/C11H10N3O/c15-11(10-8-12-4-5-13-10)9-14-6-2-1-3-7-14/h1-8H,9H2/q+1.